The topological polar surface area (TPSA) is 62.4 Å². The van der Waals surface area contributed by atoms with E-state index in [0.29, 0.717) is 17.6 Å². The molecule has 0 atom stereocenters. The van der Waals surface area contributed by atoms with E-state index in [0.717, 1.165) is 18.5 Å². The first kappa shape index (κ1) is 13.8. The van der Waals surface area contributed by atoms with Gasteiger partial charge in [-0.1, -0.05) is 19.3 Å². The zero-order valence-corrected chi connectivity index (χ0v) is 11.2. The molecule has 1 fully saturated rings. The Labute approximate surface area is 113 Å². The van der Waals surface area contributed by atoms with E-state index < -0.39 is 0 Å². The summed E-state index contributed by atoms with van der Waals surface area (Å²) >= 11 is 0. The summed E-state index contributed by atoms with van der Waals surface area (Å²) in [6, 6.07) is 5.18. The molecular formula is C14H21FN4. The van der Waals surface area contributed by atoms with Crippen LogP contribution in [0.15, 0.2) is 23.2 Å². The van der Waals surface area contributed by atoms with Crippen molar-refractivity contribution in [1.82, 2.24) is 5.43 Å². The molecule has 0 aliphatic heterocycles. The number of hydrazine groups is 1. The molecule has 0 bridgehead atoms. The minimum Gasteiger partial charge on any atom is -0.325 e. The number of aryl methyl sites for hydroxylation is 1. The predicted molar refractivity (Wildman–Crippen MR) is 76.4 cm³/mol. The summed E-state index contributed by atoms with van der Waals surface area (Å²) in [6.07, 6.45) is 5.95. The van der Waals surface area contributed by atoms with Gasteiger partial charge < -0.3 is 5.32 Å². The lowest BCUT2D eigenvalue weighted by molar-refractivity contribution is 0.442. The molecule has 0 saturated heterocycles. The number of nitrogens with two attached hydrogens (primary N) is 1. The lowest BCUT2D eigenvalue weighted by Gasteiger charge is -2.19. The number of nitrogens with zero attached hydrogens (tertiary/aromatic N) is 1. The molecule has 0 spiro atoms. The Kier molecular flexibility index (Phi) is 4.74. The van der Waals surface area contributed by atoms with Gasteiger partial charge in [-0.25, -0.2) is 15.2 Å². The Morgan fingerprint density at radius 3 is 2.68 bits per heavy atom. The van der Waals surface area contributed by atoms with Crippen LogP contribution < -0.4 is 16.6 Å². The Balaban J connectivity index is 2.05. The molecule has 4 N–H and O–H groups in total. The van der Waals surface area contributed by atoms with Gasteiger partial charge in [0.1, 0.15) is 5.82 Å². The first-order chi connectivity index (χ1) is 9.19. The third-order valence-electron chi connectivity index (χ3n) is 3.44. The Morgan fingerprint density at radius 1 is 1.32 bits per heavy atom. The number of rotatable bonds is 2. The molecule has 5 heteroatoms. The van der Waals surface area contributed by atoms with Crippen molar-refractivity contribution < 1.29 is 4.39 Å². The number of hydrogen-bond acceptors (Lipinski definition) is 2. The highest BCUT2D eigenvalue weighted by Crippen LogP contribution is 2.20. The van der Waals surface area contributed by atoms with Gasteiger partial charge in [0.05, 0.1) is 6.04 Å². The second-order valence-corrected chi connectivity index (χ2v) is 5.00. The fraction of sp³-hybridized carbons (Fsp3) is 0.500. The maximum absolute atomic E-state index is 13.2. The van der Waals surface area contributed by atoms with Crippen LogP contribution in [0.2, 0.25) is 0 Å². The van der Waals surface area contributed by atoms with Gasteiger partial charge in [-0.3, -0.25) is 5.43 Å². The van der Waals surface area contributed by atoms with Crippen molar-refractivity contribution in [3.05, 3.63) is 29.6 Å². The number of halogens is 1. The van der Waals surface area contributed by atoms with Crippen molar-refractivity contribution >= 4 is 11.6 Å². The van der Waals surface area contributed by atoms with Gasteiger partial charge in [-0.05, 0) is 43.5 Å². The van der Waals surface area contributed by atoms with Gasteiger partial charge in [0.15, 0.2) is 0 Å². The summed E-state index contributed by atoms with van der Waals surface area (Å²) in [7, 11) is 0. The second-order valence-electron chi connectivity index (χ2n) is 5.00. The van der Waals surface area contributed by atoms with Crippen LogP contribution in [0.3, 0.4) is 0 Å². The number of nitrogens with one attached hydrogen (secondary N) is 2. The van der Waals surface area contributed by atoms with Gasteiger partial charge in [0, 0.05) is 5.69 Å². The molecule has 1 aromatic rings. The quantitative estimate of drug-likeness (QED) is 0.333. The van der Waals surface area contributed by atoms with E-state index >= 15 is 0 Å². The molecule has 0 amide bonds. The number of hydrogen-bond donors (Lipinski definition) is 3. The van der Waals surface area contributed by atoms with Crippen molar-refractivity contribution in [2.45, 2.75) is 45.1 Å². The molecule has 104 valence electrons. The molecular weight excluding hydrogens is 243 g/mol. The van der Waals surface area contributed by atoms with Crippen molar-refractivity contribution in [2.75, 3.05) is 5.32 Å². The molecule has 0 radical (unpaired) electrons. The largest absolute Gasteiger partial charge is 0.325 e. The monoisotopic (exact) mass is 264 g/mol. The van der Waals surface area contributed by atoms with Gasteiger partial charge in [0.25, 0.3) is 0 Å². The fourth-order valence-corrected chi connectivity index (χ4v) is 2.36. The highest BCUT2D eigenvalue weighted by Gasteiger charge is 2.13. The third kappa shape index (κ3) is 3.92. The van der Waals surface area contributed by atoms with Gasteiger partial charge in [0.2, 0.25) is 5.96 Å². The fourth-order valence-electron chi connectivity index (χ4n) is 2.36. The highest BCUT2D eigenvalue weighted by molar-refractivity contribution is 5.93. The molecule has 1 aliphatic carbocycles. The van der Waals surface area contributed by atoms with Crippen molar-refractivity contribution in [1.29, 1.82) is 0 Å². The molecule has 0 aromatic heterocycles. The average Bonchev–Trinajstić information content (AvgIpc) is 2.43. The summed E-state index contributed by atoms with van der Waals surface area (Å²) in [5, 5.41) is 3.09. The normalized spacial score (nSPS) is 17.3. The standard InChI is InChI=1S/C14H21FN4/c1-10-9-12(7-8-13(10)15)18-14(19-16)17-11-5-3-2-4-6-11/h7-9,11H,2-6,16H2,1H3,(H2,17,18,19). The Hall–Kier alpha value is -1.62. The first-order valence-electron chi connectivity index (χ1n) is 6.76. The minimum atomic E-state index is -0.211. The molecule has 0 unspecified atom stereocenters. The summed E-state index contributed by atoms with van der Waals surface area (Å²) < 4.78 is 13.2. The molecule has 1 aromatic carbocycles. The maximum atomic E-state index is 13.2. The van der Waals surface area contributed by atoms with E-state index in [-0.39, 0.29) is 5.82 Å². The zero-order valence-electron chi connectivity index (χ0n) is 11.2. The average molecular weight is 264 g/mol. The summed E-state index contributed by atoms with van der Waals surface area (Å²) in [5.74, 6) is 5.82. The smallest absolute Gasteiger partial charge is 0.210 e. The minimum absolute atomic E-state index is 0.211. The number of benzene rings is 1. The second kappa shape index (κ2) is 6.52. The molecule has 4 nitrogen and oxygen atoms in total. The predicted octanol–water partition coefficient (Wildman–Crippen LogP) is 2.70. The van der Waals surface area contributed by atoms with Crippen molar-refractivity contribution in [3.8, 4) is 0 Å². The van der Waals surface area contributed by atoms with Crippen LogP contribution in [0.25, 0.3) is 0 Å². The van der Waals surface area contributed by atoms with E-state index in [1.54, 1.807) is 19.1 Å². The summed E-state index contributed by atoms with van der Waals surface area (Å²) in [6.45, 7) is 1.73. The Morgan fingerprint density at radius 2 is 2.05 bits per heavy atom. The number of aliphatic imine (C=N–C) groups is 1. The van der Waals surface area contributed by atoms with E-state index in [9.17, 15) is 4.39 Å². The Bertz CT molecular complexity index is 453. The van der Waals surface area contributed by atoms with Crippen LogP contribution in [0.5, 0.6) is 0 Å². The lowest BCUT2D eigenvalue weighted by Crippen LogP contribution is -2.37. The zero-order chi connectivity index (χ0) is 13.7. The first-order valence-corrected chi connectivity index (χ1v) is 6.76. The molecule has 1 aliphatic rings. The van der Waals surface area contributed by atoms with Crippen LogP contribution in [-0.4, -0.2) is 12.0 Å². The van der Waals surface area contributed by atoms with Crippen molar-refractivity contribution in [3.63, 3.8) is 0 Å². The van der Waals surface area contributed by atoms with Crippen LogP contribution in [-0.2, 0) is 0 Å². The van der Waals surface area contributed by atoms with Crippen LogP contribution in [0.1, 0.15) is 37.7 Å². The molecule has 19 heavy (non-hydrogen) atoms. The number of guanidine groups is 1. The number of anilines is 1. The lowest BCUT2D eigenvalue weighted by atomic mass is 9.96. The van der Waals surface area contributed by atoms with Crippen LogP contribution in [0, 0.1) is 12.7 Å². The molecule has 1 saturated carbocycles. The SMILES string of the molecule is Cc1cc(NC(=NC2CCCCC2)NN)ccc1F. The van der Waals surface area contributed by atoms with E-state index in [1.165, 1.54) is 25.3 Å². The van der Waals surface area contributed by atoms with E-state index in [1.807, 2.05) is 0 Å². The summed E-state index contributed by atoms with van der Waals surface area (Å²) in [4.78, 5) is 4.58. The molecule has 2 rings (SSSR count). The third-order valence-corrected chi connectivity index (χ3v) is 3.44. The highest BCUT2D eigenvalue weighted by atomic mass is 19.1. The van der Waals surface area contributed by atoms with E-state index in [4.69, 9.17) is 5.84 Å². The van der Waals surface area contributed by atoms with Gasteiger partial charge in [-0.2, -0.15) is 0 Å². The van der Waals surface area contributed by atoms with Crippen LogP contribution >= 0.6 is 0 Å². The van der Waals surface area contributed by atoms with Crippen molar-refractivity contribution in [2.24, 2.45) is 10.8 Å². The van der Waals surface area contributed by atoms with E-state index in [2.05, 4.69) is 15.7 Å². The maximum Gasteiger partial charge on any atom is 0.210 e. The van der Waals surface area contributed by atoms with Crippen LogP contribution in [0.4, 0.5) is 10.1 Å². The van der Waals surface area contributed by atoms with Gasteiger partial charge >= 0.3 is 0 Å². The van der Waals surface area contributed by atoms with Gasteiger partial charge in [-0.15, -0.1) is 0 Å². The molecule has 0 heterocycles. The summed E-state index contributed by atoms with van der Waals surface area (Å²) in [5.41, 5.74) is 3.96.